The molecule has 0 unspecified atom stereocenters. The number of guanidine groups is 1. The Kier molecular flexibility index (Phi) is 12.0. The molecule has 0 aromatic heterocycles. The molecule has 0 radical (unpaired) electrons. The maximum Gasteiger partial charge on any atom is 0.191 e. The zero-order valence-electron chi connectivity index (χ0n) is 15.6. The number of nitrogens with zero attached hydrogens (tertiary/aromatic N) is 2. The first-order chi connectivity index (χ1) is 11.0. The first-order valence-corrected chi connectivity index (χ1v) is 8.19. The molecule has 0 fully saturated rings. The second-order valence-corrected chi connectivity index (χ2v) is 6.39. The van der Waals surface area contributed by atoms with Crippen molar-refractivity contribution >= 4 is 29.9 Å². The molecule has 0 saturated carbocycles. The van der Waals surface area contributed by atoms with E-state index in [9.17, 15) is 0 Å². The number of nitrogens with one attached hydrogen (secondary N) is 2. The number of aliphatic imine (C=N–C) groups is 1. The number of hydrogen-bond acceptors (Lipinski definition) is 3. The Morgan fingerprint density at radius 3 is 2.46 bits per heavy atom. The van der Waals surface area contributed by atoms with Crippen molar-refractivity contribution in [2.24, 2.45) is 4.99 Å². The smallest absolute Gasteiger partial charge is 0.191 e. The predicted octanol–water partition coefficient (Wildman–Crippen LogP) is 2.72. The minimum absolute atomic E-state index is 0. The Hall–Kier alpha value is -0.860. The van der Waals surface area contributed by atoms with E-state index in [-0.39, 0.29) is 29.6 Å². The summed E-state index contributed by atoms with van der Waals surface area (Å²) in [4.78, 5) is 6.57. The van der Waals surface area contributed by atoms with Crippen LogP contribution in [0.25, 0.3) is 0 Å². The lowest BCUT2D eigenvalue weighted by Crippen LogP contribution is -2.45. The molecule has 0 aliphatic rings. The van der Waals surface area contributed by atoms with E-state index < -0.39 is 0 Å². The van der Waals surface area contributed by atoms with E-state index in [0.29, 0.717) is 0 Å². The quantitative estimate of drug-likeness (QED) is 0.264. The Morgan fingerprint density at radius 2 is 1.88 bits per heavy atom. The SMILES string of the molecule is CN=C(NCCCN(C)Cc1ccccc1)NCC(C)(C)OC.I. The van der Waals surface area contributed by atoms with E-state index in [2.05, 4.69) is 57.9 Å². The van der Waals surface area contributed by atoms with E-state index in [1.807, 2.05) is 13.8 Å². The highest BCUT2D eigenvalue weighted by Crippen LogP contribution is 2.04. The van der Waals surface area contributed by atoms with E-state index >= 15 is 0 Å². The highest BCUT2D eigenvalue weighted by Gasteiger charge is 2.16. The van der Waals surface area contributed by atoms with Crippen LogP contribution in [0.15, 0.2) is 35.3 Å². The van der Waals surface area contributed by atoms with Crippen molar-refractivity contribution in [3.63, 3.8) is 0 Å². The molecule has 138 valence electrons. The molecule has 24 heavy (non-hydrogen) atoms. The second kappa shape index (κ2) is 12.5. The van der Waals surface area contributed by atoms with Crippen molar-refractivity contribution in [1.29, 1.82) is 0 Å². The zero-order chi connectivity index (χ0) is 17.1. The van der Waals surface area contributed by atoms with Crippen LogP contribution in [0.5, 0.6) is 0 Å². The van der Waals surface area contributed by atoms with Gasteiger partial charge in [0.25, 0.3) is 0 Å². The van der Waals surface area contributed by atoms with Crippen LogP contribution in [-0.2, 0) is 11.3 Å². The Morgan fingerprint density at radius 1 is 1.21 bits per heavy atom. The lowest BCUT2D eigenvalue weighted by Gasteiger charge is -2.24. The van der Waals surface area contributed by atoms with Crippen LogP contribution in [0.3, 0.4) is 0 Å². The molecule has 1 aromatic carbocycles. The van der Waals surface area contributed by atoms with Gasteiger partial charge in [-0.3, -0.25) is 4.99 Å². The first-order valence-electron chi connectivity index (χ1n) is 8.19. The minimum Gasteiger partial charge on any atom is -0.377 e. The summed E-state index contributed by atoms with van der Waals surface area (Å²) in [6, 6.07) is 10.6. The van der Waals surface area contributed by atoms with Crippen LogP contribution < -0.4 is 10.6 Å². The van der Waals surface area contributed by atoms with Crippen molar-refractivity contribution in [3.05, 3.63) is 35.9 Å². The van der Waals surface area contributed by atoms with Gasteiger partial charge in [-0.05, 0) is 39.4 Å². The lowest BCUT2D eigenvalue weighted by molar-refractivity contribution is 0.0268. The molecule has 0 amide bonds. The van der Waals surface area contributed by atoms with Gasteiger partial charge in [-0.25, -0.2) is 0 Å². The molecule has 0 atom stereocenters. The summed E-state index contributed by atoms with van der Waals surface area (Å²) < 4.78 is 5.39. The summed E-state index contributed by atoms with van der Waals surface area (Å²) >= 11 is 0. The normalized spacial score (nSPS) is 12.0. The van der Waals surface area contributed by atoms with Crippen LogP contribution in [0.1, 0.15) is 25.8 Å². The Balaban J connectivity index is 0.00000529. The van der Waals surface area contributed by atoms with Gasteiger partial charge in [-0.1, -0.05) is 30.3 Å². The monoisotopic (exact) mass is 448 g/mol. The third-order valence-electron chi connectivity index (χ3n) is 3.76. The Labute approximate surface area is 164 Å². The van der Waals surface area contributed by atoms with Crippen LogP contribution in [0.4, 0.5) is 0 Å². The van der Waals surface area contributed by atoms with Gasteiger partial charge >= 0.3 is 0 Å². The molecule has 0 aliphatic heterocycles. The van der Waals surface area contributed by atoms with Gasteiger partial charge in [0.1, 0.15) is 0 Å². The van der Waals surface area contributed by atoms with Gasteiger partial charge in [-0.15, -0.1) is 24.0 Å². The molecule has 6 heteroatoms. The van der Waals surface area contributed by atoms with E-state index in [1.165, 1.54) is 5.56 Å². The van der Waals surface area contributed by atoms with Gasteiger partial charge in [-0.2, -0.15) is 0 Å². The molecule has 0 bridgehead atoms. The summed E-state index contributed by atoms with van der Waals surface area (Å²) in [7, 11) is 5.66. The number of halogens is 1. The van der Waals surface area contributed by atoms with Crippen molar-refractivity contribution in [2.45, 2.75) is 32.4 Å². The van der Waals surface area contributed by atoms with Crippen LogP contribution in [-0.4, -0.2) is 57.3 Å². The summed E-state index contributed by atoms with van der Waals surface area (Å²) in [5.74, 6) is 0.820. The molecular weight excluding hydrogens is 415 g/mol. The zero-order valence-corrected chi connectivity index (χ0v) is 18.0. The fourth-order valence-corrected chi connectivity index (χ4v) is 2.12. The summed E-state index contributed by atoms with van der Waals surface area (Å²) in [6.45, 7) is 7.74. The molecule has 5 nitrogen and oxygen atoms in total. The van der Waals surface area contributed by atoms with Gasteiger partial charge < -0.3 is 20.3 Å². The number of ether oxygens (including phenoxy) is 1. The van der Waals surface area contributed by atoms with Crippen molar-refractivity contribution in [2.75, 3.05) is 40.8 Å². The van der Waals surface area contributed by atoms with Crippen LogP contribution in [0.2, 0.25) is 0 Å². The average Bonchev–Trinajstić information content (AvgIpc) is 2.55. The minimum atomic E-state index is -0.201. The van der Waals surface area contributed by atoms with Gasteiger partial charge in [0.2, 0.25) is 0 Å². The standard InChI is InChI=1S/C18H32N4O.HI/c1-18(2,23-5)15-21-17(19-3)20-12-9-13-22(4)14-16-10-7-6-8-11-16;/h6-8,10-11H,9,12-15H2,1-5H3,(H2,19,20,21);1H. The van der Waals surface area contributed by atoms with E-state index in [1.54, 1.807) is 14.2 Å². The van der Waals surface area contributed by atoms with E-state index in [4.69, 9.17) is 4.74 Å². The summed E-state index contributed by atoms with van der Waals surface area (Å²) in [6.07, 6.45) is 1.07. The van der Waals surface area contributed by atoms with Crippen LogP contribution in [0, 0.1) is 0 Å². The number of hydrogen-bond donors (Lipinski definition) is 2. The fourth-order valence-electron chi connectivity index (χ4n) is 2.12. The fraction of sp³-hybridized carbons (Fsp3) is 0.611. The van der Waals surface area contributed by atoms with Crippen molar-refractivity contribution in [1.82, 2.24) is 15.5 Å². The number of rotatable bonds is 9. The average molecular weight is 448 g/mol. The highest BCUT2D eigenvalue weighted by atomic mass is 127. The first kappa shape index (κ1) is 23.1. The molecule has 0 aliphatic carbocycles. The largest absolute Gasteiger partial charge is 0.377 e. The highest BCUT2D eigenvalue weighted by molar-refractivity contribution is 14.0. The molecule has 1 aromatic rings. The number of methoxy groups -OCH3 is 1. The molecule has 1 rings (SSSR count). The lowest BCUT2D eigenvalue weighted by atomic mass is 10.1. The van der Waals surface area contributed by atoms with Crippen molar-refractivity contribution in [3.8, 4) is 0 Å². The molecule has 0 saturated heterocycles. The predicted molar refractivity (Wildman–Crippen MR) is 113 cm³/mol. The van der Waals surface area contributed by atoms with Gasteiger partial charge in [0.15, 0.2) is 5.96 Å². The third-order valence-corrected chi connectivity index (χ3v) is 3.76. The summed E-state index contributed by atoms with van der Waals surface area (Å²) in [5, 5.41) is 6.63. The second-order valence-electron chi connectivity index (χ2n) is 6.39. The molecular formula is C18H33IN4O. The molecule has 0 heterocycles. The van der Waals surface area contributed by atoms with Crippen molar-refractivity contribution < 1.29 is 4.74 Å². The topological polar surface area (TPSA) is 48.9 Å². The van der Waals surface area contributed by atoms with Crippen LogP contribution >= 0.6 is 24.0 Å². The van der Waals surface area contributed by atoms with Gasteiger partial charge in [0.05, 0.1) is 5.60 Å². The Bertz CT molecular complexity index is 465. The van der Waals surface area contributed by atoms with E-state index in [0.717, 1.165) is 38.6 Å². The molecule has 2 N–H and O–H groups in total. The number of benzene rings is 1. The maximum atomic E-state index is 5.39. The van der Waals surface area contributed by atoms with Gasteiger partial charge in [0, 0.05) is 33.8 Å². The maximum absolute atomic E-state index is 5.39. The molecule has 0 spiro atoms. The third kappa shape index (κ3) is 10.1. The summed E-state index contributed by atoms with van der Waals surface area (Å²) in [5.41, 5.74) is 1.15.